The topological polar surface area (TPSA) is 59.6 Å². The summed E-state index contributed by atoms with van der Waals surface area (Å²) >= 11 is 0. The first kappa shape index (κ1) is 19.0. The Kier molecular flexibility index (Phi) is 4.89. The maximum Gasteiger partial charge on any atom is 0.221 e. The third-order valence-electron chi connectivity index (χ3n) is 5.44. The van der Waals surface area contributed by atoms with Gasteiger partial charge in [0.25, 0.3) is 0 Å². The maximum atomic E-state index is 11.3. The van der Waals surface area contributed by atoms with Gasteiger partial charge in [-0.1, -0.05) is 45.0 Å². The van der Waals surface area contributed by atoms with Crippen molar-refractivity contribution in [2.45, 2.75) is 51.4 Å². The number of anilines is 2. The Morgan fingerprint density at radius 2 is 1.79 bits per heavy atom. The van der Waals surface area contributed by atoms with E-state index in [1.807, 2.05) is 24.3 Å². The van der Waals surface area contributed by atoms with Gasteiger partial charge in [-0.25, -0.2) is 0 Å². The molecule has 2 N–H and O–H groups in total. The van der Waals surface area contributed by atoms with E-state index in [1.165, 1.54) is 18.1 Å². The van der Waals surface area contributed by atoms with E-state index in [0.29, 0.717) is 13.2 Å². The Labute approximate surface area is 166 Å². The molecule has 148 valence electrons. The minimum absolute atomic E-state index is 0.00957. The van der Waals surface area contributed by atoms with Crippen LogP contribution in [-0.2, 0) is 19.7 Å². The molecule has 0 aliphatic carbocycles. The Hall–Kier alpha value is -2.37. The van der Waals surface area contributed by atoms with Crippen LogP contribution in [-0.4, -0.2) is 25.2 Å². The molecule has 4 rings (SSSR count). The zero-order chi connectivity index (χ0) is 19.9. The number of hydrogen-bond donors (Lipinski definition) is 2. The van der Waals surface area contributed by atoms with Crippen molar-refractivity contribution in [2.24, 2.45) is 0 Å². The molecule has 3 atom stereocenters. The lowest BCUT2D eigenvalue weighted by Gasteiger charge is -2.43. The lowest BCUT2D eigenvalue weighted by atomic mass is 9.82. The first-order chi connectivity index (χ1) is 13.3. The van der Waals surface area contributed by atoms with E-state index in [4.69, 9.17) is 9.47 Å². The molecule has 0 radical (unpaired) electrons. The van der Waals surface area contributed by atoms with Crippen molar-refractivity contribution in [3.05, 3.63) is 59.2 Å². The smallest absolute Gasteiger partial charge is 0.221 e. The predicted molar refractivity (Wildman–Crippen MR) is 111 cm³/mol. The second kappa shape index (κ2) is 7.22. The van der Waals surface area contributed by atoms with Crippen molar-refractivity contribution in [2.75, 3.05) is 23.8 Å². The second-order valence-corrected chi connectivity index (χ2v) is 8.60. The Morgan fingerprint density at radius 3 is 2.46 bits per heavy atom. The summed E-state index contributed by atoms with van der Waals surface area (Å²) in [6, 6.07) is 14.5. The molecule has 0 bridgehead atoms. The molecule has 0 spiro atoms. The predicted octanol–water partition coefficient (Wildman–Crippen LogP) is 4.57. The van der Waals surface area contributed by atoms with Crippen molar-refractivity contribution in [1.29, 1.82) is 0 Å². The minimum Gasteiger partial charge on any atom is -0.375 e. The lowest BCUT2D eigenvalue weighted by molar-refractivity contribution is -0.151. The van der Waals surface area contributed by atoms with Gasteiger partial charge in [0.1, 0.15) is 12.2 Å². The van der Waals surface area contributed by atoms with Crippen LogP contribution in [0.3, 0.4) is 0 Å². The summed E-state index contributed by atoms with van der Waals surface area (Å²) in [7, 11) is 0. The third kappa shape index (κ3) is 3.64. The molecule has 2 aliphatic heterocycles. The number of carbonyl (C=O) groups is 1. The molecule has 5 heteroatoms. The molecule has 0 unspecified atom stereocenters. The van der Waals surface area contributed by atoms with Crippen LogP contribution in [0, 0.1) is 0 Å². The molecule has 2 heterocycles. The first-order valence-electron chi connectivity index (χ1n) is 9.84. The molecule has 2 aromatic rings. The fourth-order valence-electron chi connectivity index (χ4n) is 3.98. The van der Waals surface area contributed by atoms with Crippen molar-refractivity contribution in [1.82, 2.24) is 0 Å². The number of amides is 1. The van der Waals surface area contributed by atoms with Crippen LogP contribution in [0.4, 0.5) is 11.4 Å². The third-order valence-corrected chi connectivity index (χ3v) is 5.44. The van der Waals surface area contributed by atoms with Crippen molar-refractivity contribution in [3.63, 3.8) is 0 Å². The van der Waals surface area contributed by atoms with E-state index >= 15 is 0 Å². The molecule has 2 aliphatic rings. The van der Waals surface area contributed by atoms with Gasteiger partial charge >= 0.3 is 0 Å². The molecule has 1 fully saturated rings. The summed E-state index contributed by atoms with van der Waals surface area (Å²) in [4.78, 5) is 11.3. The summed E-state index contributed by atoms with van der Waals surface area (Å²) in [6.45, 7) is 9.38. The molecule has 1 saturated heterocycles. The molecule has 28 heavy (non-hydrogen) atoms. The van der Waals surface area contributed by atoms with Crippen molar-refractivity contribution >= 4 is 17.3 Å². The zero-order valence-corrected chi connectivity index (χ0v) is 16.9. The van der Waals surface area contributed by atoms with Crippen molar-refractivity contribution in [3.8, 4) is 0 Å². The van der Waals surface area contributed by atoms with E-state index in [-0.39, 0.29) is 29.6 Å². The number of hydrogen-bond acceptors (Lipinski definition) is 4. The van der Waals surface area contributed by atoms with Crippen LogP contribution in [0.5, 0.6) is 0 Å². The van der Waals surface area contributed by atoms with Gasteiger partial charge in [0.15, 0.2) is 0 Å². The van der Waals surface area contributed by atoms with E-state index in [0.717, 1.165) is 16.9 Å². The van der Waals surface area contributed by atoms with Crippen molar-refractivity contribution < 1.29 is 14.3 Å². The fraction of sp³-hybridized carbons (Fsp3) is 0.435. The number of ether oxygens (including phenoxy) is 2. The summed E-state index contributed by atoms with van der Waals surface area (Å²) in [5, 5.41) is 6.47. The maximum absolute atomic E-state index is 11.3. The van der Waals surface area contributed by atoms with E-state index in [2.05, 4.69) is 49.6 Å². The average molecular weight is 380 g/mol. The zero-order valence-electron chi connectivity index (χ0n) is 16.9. The first-order valence-corrected chi connectivity index (χ1v) is 9.84. The number of rotatable bonds is 2. The lowest BCUT2D eigenvalue weighted by Crippen LogP contribution is -2.43. The van der Waals surface area contributed by atoms with E-state index in [1.54, 1.807) is 0 Å². The van der Waals surface area contributed by atoms with Crippen LogP contribution >= 0.6 is 0 Å². The largest absolute Gasteiger partial charge is 0.375 e. The van der Waals surface area contributed by atoms with Crippen LogP contribution in [0.25, 0.3) is 0 Å². The molecular weight excluding hydrogens is 352 g/mol. The Bertz CT molecular complexity index is 870. The summed E-state index contributed by atoms with van der Waals surface area (Å²) < 4.78 is 12.4. The van der Waals surface area contributed by atoms with Gasteiger partial charge in [-0.05, 0) is 34.7 Å². The Balaban J connectivity index is 1.68. The molecule has 5 nitrogen and oxygen atoms in total. The average Bonchev–Trinajstić information content (AvgIpc) is 2.66. The second-order valence-electron chi connectivity index (χ2n) is 8.60. The molecular formula is C23H28N2O3. The summed E-state index contributed by atoms with van der Waals surface area (Å²) in [5.41, 5.74) is 5.54. The highest BCUT2D eigenvalue weighted by molar-refractivity contribution is 5.88. The Morgan fingerprint density at radius 1 is 1.07 bits per heavy atom. The van der Waals surface area contributed by atoms with E-state index in [9.17, 15) is 4.79 Å². The van der Waals surface area contributed by atoms with Gasteiger partial charge in [0, 0.05) is 23.9 Å². The fourth-order valence-corrected chi connectivity index (χ4v) is 3.98. The highest BCUT2D eigenvalue weighted by Gasteiger charge is 2.41. The normalized spacial score (nSPS) is 23.9. The highest BCUT2D eigenvalue weighted by Crippen LogP contribution is 2.45. The molecule has 2 aromatic carbocycles. The minimum atomic E-state index is -0.0944. The number of carbonyl (C=O) groups excluding carboxylic acids is 1. The summed E-state index contributed by atoms with van der Waals surface area (Å²) in [6.07, 6.45) is -0.185. The van der Waals surface area contributed by atoms with Gasteiger partial charge in [0.05, 0.1) is 19.3 Å². The van der Waals surface area contributed by atoms with Crippen LogP contribution in [0.1, 0.15) is 56.5 Å². The number of benzene rings is 2. The van der Waals surface area contributed by atoms with Crippen LogP contribution < -0.4 is 10.6 Å². The molecule has 0 aromatic heterocycles. The van der Waals surface area contributed by atoms with Gasteiger partial charge in [-0.15, -0.1) is 0 Å². The summed E-state index contributed by atoms with van der Waals surface area (Å²) in [5.74, 6) is -0.0730. The quantitative estimate of drug-likeness (QED) is 0.801. The van der Waals surface area contributed by atoms with Gasteiger partial charge in [-0.3, -0.25) is 4.79 Å². The molecule has 0 saturated carbocycles. The highest BCUT2D eigenvalue weighted by atomic mass is 16.6. The van der Waals surface area contributed by atoms with E-state index < -0.39 is 0 Å². The van der Waals surface area contributed by atoms with Crippen LogP contribution in [0.2, 0.25) is 0 Å². The number of nitrogens with one attached hydrogen (secondary N) is 2. The standard InChI is InChI=1S/C23H28N2O3/c1-14(26)24-17-8-5-15(6-9-17)20-22-21(27-11-12-28-22)18-13-16(23(2,3)4)7-10-19(18)25-20/h5-10,13,20-22,25H,11-12H2,1-4H3,(H,24,26)/t20-,21+,22-/m0/s1. The van der Waals surface area contributed by atoms with Gasteiger partial charge < -0.3 is 20.1 Å². The van der Waals surface area contributed by atoms with Gasteiger partial charge in [0.2, 0.25) is 5.91 Å². The number of fused-ring (bicyclic) bond motifs is 3. The SMILES string of the molecule is CC(=O)Nc1ccc([C@@H]2Nc3ccc(C(C)(C)C)cc3[C@H]3OCCO[C@H]32)cc1. The van der Waals surface area contributed by atoms with Gasteiger partial charge in [-0.2, -0.15) is 0 Å². The molecule has 1 amide bonds. The monoisotopic (exact) mass is 380 g/mol. The van der Waals surface area contributed by atoms with Crippen LogP contribution in [0.15, 0.2) is 42.5 Å².